The Balaban J connectivity index is 1.66. The third-order valence-corrected chi connectivity index (χ3v) is 8.17. The second-order valence-electron chi connectivity index (χ2n) is 9.18. The molecule has 0 amide bonds. The summed E-state index contributed by atoms with van der Waals surface area (Å²) in [6, 6.07) is 0. The highest BCUT2D eigenvalue weighted by atomic mass is 16.3. The van der Waals surface area contributed by atoms with Crippen LogP contribution in [0.4, 0.5) is 0 Å². The van der Waals surface area contributed by atoms with Gasteiger partial charge in [0.15, 0.2) is 0 Å². The molecule has 2 heteroatoms. The summed E-state index contributed by atoms with van der Waals surface area (Å²) in [5.74, 6) is 2.23. The zero-order chi connectivity index (χ0) is 16.4. The highest BCUT2D eigenvalue weighted by Crippen LogP contribution is 2.65. The molecule has 2 nitrogen and oxygen atoms in total. The maximum Gasteiger partial charge on any atom is 0.0727 e. The SMILES string of the molecule is C[C@@H](O)C1=CC[C@H]2[C@@H]3CC=C4C[C@H](O)CC[C@]4(C)[C@H]3CC[C@]12C. The van der Waals surface area contributed by atoms with Crippen molar-refractivity contribution in [1.29, 1.82) is 0 Å². The second kappa shape index (κ2) is 5.20. The molecule has 0 saturated heterocycles. The first kappa shape index (κ1) is 15.9. The molecule has 23 heavy (non-hydrogen) atoms. The lowest BCUT2D eigenvalue weighted by Gasteiger charge is -2.58. The van der Waals surface area contributed by atoms with Gasteiger partial charge in [-0.2, -0.15) is 0 Å². The minimum Gasteiger partial charge on any atom is -0.393 e. The fourth-order valence-corrected chi connectivity index (χ4v) is 6.89. The Kier molecular flexibility index (Phi) is 3.59. The Hall–Kier alpha value is -0.600. The van der Waals surface area contributed by atoms with Crippen LogP contribution in [0.5, 0.6) is 0 Å². The summed E-state index contributed by atoms with van der Waals surface area (Å²) in [7, 11) is 0. The Morgan fingerprint density at radius 1 is 1.04 bits per heavy atom. The lowest BCUT2D eigenvalue weighted by atomic mass is 9.47. The molecule has 128 valence electrons. The molecule has 0 aromatic carbocycles. The van der Waals surface area contributed by atoms with E-state index in [4.69, 9.17) is 0 Å². The highest BCUT2D eigenvalue weighted by Gasteiger charge is 2.56. The van der Waals surface area contributed by atoms with Crippen molar-refractivity contribution in [2.75, 3.05) is 0 Å². The molecule has 0 spiro atoms. The average Bonchev–Trinajstić information content (AvgIpc) is 2.85. The van der Waals surface area contributed by atoms with Gasteiger partial charge in [0.2, 0.25) is 0 Å². The molecule has 2 saturated carbocycles. The van der Waals surface area contributed by atoms with Gasteiger partial charge in [-0.15, -0.1) is 0 Å². The van der Waals surface area contributed by atoms with Crippen LogP contribution in [0.3, 0.4) is 0 Å². The van der Waals surface area contributed by atoms with E-state index in [9.17, 15) is 10.2 Å². The lowest BCUT2D eigenvalue weighted by molar-refractivity contribution is -0.0339. The summed E-state index contributed by atoms with van der Waals surface area (Å²) in [6.07, 6.45) is 12.3. The summed E-state index contributed by atoms with van der Waals surface area (Å²) >= 11 is 0. The lowest BCUT2D eigenvalue weighted by Crippen LogP contribution is -2.50. The minimum atomic E-state index is -0.295. The van der Waals surface area contributed by atoms with E-state index in [1.807, 2.05) is 6.92 Å². The average molecular weight is 316 g/mol. The zero-order valence-corrected chi connectivity index (χ0v) is 14.9. The van der Waals surface area contributed by atoms with Crippen molar-refractivity contribution < 1.29 is 10.2 Å². The van der Waals surface area contributed by atoms with E-state index in [0.29, 0.717) is 11.3 Å². The normalized spacial score (nSPS) is 50.3. The van der Waals surface area contributed by atoms with E-state index in [-0.39, 0.29) is 17.6 Å². The van der Waals surface area contributed by atoms with E-state index >= 15 is 0 Å². The monoisotopic (exact) mass is 316 g/mol. The smallest absolute Gasteiger partial charge is 0.0727 e. The number of allylic oxidation sites excluding steroid dienone is 2. The molecule has 4 rings (SSSR count). The van der Waals surface area contributed by atoms with E-state index in [1.54, 1.807) is 5.57 Å². The molecule has 0 aromatic heterocycles. The molecule has 0 aromatic rings. The number of hydrogen-bond acceptors (Lipinski definition) is 2. The van der Waals surface area contributed by atoms with Crippen molar-refractivity contribution >= 4 is 0 Å². The number of fused-ring (bicyclic) bond motifs is 5. The van der Waals surface area contributed by atoms with Gasteiger partial charge in [-0.3, -0.25) is 0 Å². The van der Waals surface area contributed by atoms with Gasteiger partial charge in [0.05, 0.1) is 12.2 Å². The van der Waals surface area contributed by atoms with Crippen molar-refractivity contribution in [3.8, 4) is 0 Å². The maximum atomic E-state index is 10.2. The molecular weight excluding hydrogens is 284 g/mol. The summed E-state index contributed by atoms with van der Waals surface area (Å²) in [5.41, 5.74) is 3.38. The van der Waals surface area contributed by atoms with Crippen molar-refractivity contribution in [3.05, 3.63) is 23.3 Å². The molecule has 7 atom stereocenters. The quantitative estimate of drug-likeness (QED) is 0.711. The predicted molar refractivity (Wildman–Crippen MR) is 92.9 cm³/mol. The highest BCUT2D eigenvalue weighted by molar-refractivity contribution is 5.31. The van der Waals surface area contributed by atoms with Gasteiger partial charge < -0.3 is 10.2 Å². The predicted octanol–water partition coefficient (Wildman–Crippen LogP) is 4.23. The first-order chi connectivity index (χ1) is 10.9. The van der Waals surface area contributed by atoms with Crippen LogP contribution in [-0.2, 0) is 0 Å². The number of aliphatic hydroxyl groups excluding tert-OH is 2. The topological polar surface area (TPSA) is 40.5 Å². The van der Waals surface area contributed by atoms with Crippen molar-refractivity contribution in [1.82, 2.24) is 0 Å². The van der Waals surface area contributed by atoms with Crippen LogP contribution in [0.2, 0.25) is 0 Å². The van der Waals surface area contributed by atoms with E-state index in [0.717, 1.165) is 37.5 Å². The maximum absolute atomic E-state index is 10.2. The molecule has 4 aliphatic carbocycles. The van der Waals surface area contributed by atoms with Crippen LogP contribution in [0, 0.1) is 28.6 Å². The molecule has 0 bridgehead atoms. The van der Waals surface area contributed by atoms with Crippen LogP contribution < -0.4 is 0 Å². The largest absolute Gasteiger partial charge is 0.393 e. The molecule has 2 fully saturated rings. The fourth-order valence-electron chi connectivity index (χ4n) is 6.89. The molecule has 0 heterocycles. The zero-order valence-electron chi connectivity index (χ0n) is 14.9. The molecule has 0 aliphatic heterocycles. The van der Waals surface area contributed by atoms with Gasteiger partial charge in [0, 0.05) is 0 Å². The molecule has 0 radical (unpaired) electrons. The Morgan fingerprint density at radius 3 is 2.52 bits per heavy atom. The van der Waals surface area contributed by atoms with Gasteiger partial charge in [0.1, 0.15) is 0 Å². The summed E-state index contributed by atoms with van der Waals surface area (Å²) < 4.78 is 0. The van der Waals surface area contributed by atoms with Crippen LogP contribution in [0.25, 0.3) is 0 Å². The van der Waals surface area contributed by atoms with E-state index in [1.165, 1.54) is 24.8 Å². The molecular formula is C21H32O2. The Morgan fingerprint density at radius 2 is 1.78 bits per heavy atom. The Bertz CT molecular complexity index is 560. The summed E-state index contributed by atoms with van der Waals surface area (Å²) in [5, 5.41) is 20.3. The molecule has 2 N–H and O–H groups in total. The van der Waals surface area contributed by atoms with Gasteiger partial charge in [0.25, 0.3) is 0 Å². The Labute approximate surface area is 140 Å². The van der Waals surface area contributed by atoms with Crippen LogP contribution in [-0.4, -0.2) is 22.4 Å². The van der Waals surface area contributed by atoms with Gasteiger partial charge in [-0.25, -0.2) is 0 Å². The van der Waals surface area contributed by atoms with Gasteiger partial charge >= 0.3 is 0 Å². The molecule has 4 aliphatic rings. The third kappa shape index (κ3) is 2.14. The van der Waals surface area contributed by atoms with Crippen molar-refractivity contribution in [3.63, 3.8) is 0 Å². The standard InChI is InChI=1S/C21H32O2/c1-13(22)17-6-7-18-16-5-4-14-12-15(23)8-10-20(14,2)19(16)9-11-21(17,18)3/h4,6,13,15-16,18-19,22-23H,5,7-12H2,1-3H3/t13-,15-,16+,18+,19+,20+,21-/m1/s1. The van der Waals surface area contributed by atoms with E-state index < -0.39 is 0 Å². The summed E-state index contributed by atoms with van der Waals surface area (Å²) in [6.45, 7) is 6.82. The van der Waals surface area contributed by atoms with Crippen LogP contribution >= 0.6 is 0 Å². The minimum absolute atomic E-state index is 0.116. The first-order valence-corrected chi connectivity index (χ1v) is 9.62. The van der Waals surface area contributed by atoms with Gasteiger partial charge in [-0.1, -0.05) is 31.6 Å². The van der Waals surface area contributed by atoms with Crippen molar-refractivity contribution in [2.45, 2.75) is 77.9 Å². The van der Waals surface area contributed by atoms with Crippen LogP contribution in [0.15, 0.2) is 23.3 Å². The first-order valence-electron chi connectivity index (χ1n) is 9.62. The molecule has 0 unspecified atom stereocenters. The third-order valence-electron chi connectivity index (χ3n) is 8.17. The number of aliphatic hydroxyl groups is 2. The number of hydrogen-bond donors (Lipinski definition) is 2. The fraction of sp³-hybridized carbons (Fsp3) is 0.810. The number of rotatable bonds is 1. The van der Waals surface area contributed by atoms with Crippen LogP contribution in [0.1, 0.15) is 65.7 Å². The summed E-state index contributed by atoms with van der Waals surface area (Å²) in [4.78, 5) is 0. The second-order valence-corrected chi connectivity index (χ2v) is 9.18. The van der Waals surface area contributed by atoms with Gasteiger partial charge in [-0.05, 0) is 86.0 Å². The van der Waals surface area contributed by atoms with Crippen molar-refractivity contribution in [2.24, 2.45) is 28.6 Å². The van der Waals surface area contributed by atoms with E-state index in [2.05, 4.69) is 26.0 Å².